The van der Waals surface area contributed by atoms with Crippen LogP contribution in [0.1, 0.15) is 18.9 Å². The molecule has 0 bridgehead atoms. The second-order valence-corrected chi connectivity index (χ2v) is 6.13. The molecule has 2 rings (SSSR count). The van der Waals surface area contributed by atoms with E-state index in [4.69, 9.17) is 0 Å². The quantitative estimate of drug-likeness (QED) is 0.251. The van der Waals surface area contributed by atoms with Gasteiger partial charge in [0, 0.05) is 36.7 Å². The van der Waals surface area contributed by atoms with Crippen molar-refractivity contribution in [1.82, 2.24) is 15.6 Å². The normalized spacial score (nSPS) is 11.3. The van der Waals surface area contributed by atoms with Crippen molar-refractivity contribution >= 4 is 52.6 Å². The molecule has 0 amide bonds. The molecule has 0 radical (unpaired) electrons. The second-order valence-electron chi connectivity index (χ2n) is 5.14. The number of para-hydroxylation sites is 1. The number of benzene rings is 1. The Hall–Kier alpha value is -0.890. The fourth-order valence-electron chi connectivity index (χ4n) is 2.40. The second kappa shape index (κ2) is 11.6. The first-order valence-electron chi connectivity index (χ1n) is 7.91. The van der Waals surface area contributed by atoms with Gasteiger partial charge >= 0.3 is 0 Å². The molecule has 128 valence electrons. The molecule has 1 heterocycles. The molecule has 23 heavy (non-hydrogen) atoms. The Morgan fingerprint density at radius 3 is 2.87 bits per heavy atom. The summed E-state index contributed by atoms with van der Waals surface area (Å²) in [6.45, 7) is 4.75. The maximum atomic E-state index is 4.61. The lowest BCUT2D eigenvalue weighted by Gasteiger charge is -2.11. The number of hydrogen-bond donors (Lipinski definition) is 3. The summed E-state index contributed by atoms with van der Waals surface area (Å²) in [6, 6.07) is 8.43. The van der Waals surface area contributed by atoms with Crippen molar-refractivity contribution in [3.63, 3.8) is 0 Å². The highest BCUT2D eigenvalue weighted by molar-refractivity contribution is 14.0. The fourth-order valence-corrected chi connectivity index (χ4v) is 2.81. The topological polar surface area (TPSA) is 52.2 Å². The van der Waals surface area contributed by atoms with Gasteiger partial charge in [0.2, 0.25) is 0 Å². The third-order valence-electron chi connectivity index (χ3n) is 3.48. The van der Waals surface area contributed by atoms with Gasteiger partial charge in [-0.1, -0.05) is 18.2 Å². The van der Waals surface area contributed by atoms with Crippen molar-refractivity contribution in [2.24, 2.45) is 4.99 Å². The molecule has 0 unspecified atom stereocenters. The summed E-state index contributed by atoms with van der Waals surface area (Å²) in [5.74, 6) is 2.08. The number of guanidine groups is 1. The number of H-pyrrole nitrogens is 1. The van der Waals surface area contributed by atoms with Gasteiger partial charge in [0.05, 0.1) is 0 Å². The zero-order chi connectivity index (χ0) is 15.6. The number of rotatable bonds is 8. The van der Waals surface area contributed by atoms with E-state index in [0.717, 1.165) is 44.2 Å². The summed E-state index contributed by atoms with van der Waals surface area (Å²) in [6.07, 6.45) is 6.35. The molecule has 0 aliphatic rings. The predicted octanol–water partition coefficient (Wildman–Crippen LogP) is 3.64. The van der Waals surface area contributed by atoms with Crippen LogP contribution in [0.5, 0.6) is 0 Å². The van der Waals surface area contributed by atoms with Gasteiger partial charge in [0.1, 0.15) is 0 Å². The average molecular weight is 446 g/mol. The Kier molecular flexibility index (Phi) is 10.2. The minimum atomic E-state index is 0. The van der Waals surface area contributed by atoms with Gasteiger partial charge < -0.3 is 15.6 Å². The lowest BCUT2D eigenvalue weighted by Crippen LogP contribution is -2.38. The Balaban J connectivity index is 0.00000264. The summed E-state index contributed by atoms with van der Waals surface area (Å²) >= 11 is 1.87. The van der Waals surface area contributed by atoms with E-state index in [9.17, 15) is 0 Å². The third kappa shape index (κ3) is 6.63. The van der Waals surface area contributed by atoms with Crippen LogP contribution in [0.2, 0.25) is 0 Å². The fraction of sp³-hybridized carbons (Fsp3) is 0.471. The Bertz CT molecular complexity index is 597. The zero-order valence-electron chi connectivity index (χ0n) is 13.9. The number of fused-ring (bicyclic) bond motifs is 1. The van der Waals surface area contributed by atoms with Gasteiger partial charge in [0.15, 0.2) is 5.96 Å². The number of aromatic nitrogens is 1. The molecule has 2 aromatic rings. The van der Waals surface area contributed by atoms with Crippen LogP contribution >= 0.6 is 35.7 Å². The molecule has 1 aromatic heterocycles. The lowest BCUT2D eigenvalue weighted by molar-refractivity contribution is 0.796. The monoisotopic (exact) mass is 446 g/mol. The summed E-state index contributed by atoms with van der Waals surface area (Å²) in [5, 5.41) is 8.03. The average Bonchev–Trinajstić information content (AvgIpc) is 2.95. The van der Waals surface area contributed by atoms with Crippen LogP contribution < -0.4 is 10.6 Å². The minimum absolute atomic E-state index is 0. The zero-order valence-corrected chi connectivity index (χ0v) is 17.0. The van der Waals surface area contributed by atoms with E-state index in [0.29, 0.717) is 0 Å². The van der Waals surface area contributed by atoms with Crippen molar-refractivity contribution in [1.29, 1.82) is 0 Å². The molecule has 1 aromatic carbocycles. The molecule has 4 nitrogen and oxygen atoms in total. The highest BCUT2D eigenvalue weighted by Gasteiger charge is 2.03. The van der Waals surface area contributed by atoms with Crippen LogP contribution in [0.15, 0.2) is 35.5 Å². The maximum absolute atomic E-state index is 4.61. The summed E-state index contributed by atoms with van der Waals surface area (Å²) in [7, 11) is 0. The van der Waals surface area contributed by atoms with Gasteiger partial charge in [-0.3, -0.25) is 4.99 Å². The van der Waals surface area contributed by atoms with E-state index in [1.807, 2.05) is 11.8 Å². The summed E-state index contributed by atoms with van der Waals surface area (Å²) < 4.78 is 0. The van der Waals surface area contributed by atoms with E-state index < -0.39 is 0 Å². The Morgan fingerprint density at radius 2 is 2.09 bits per heavy atom. The van der Waals surface area contributed by atoms with E-state index in [2.05, 4.69) is 64.3 Å². The van der Waals surface area contributed by atoms with E-state index in [1.54, 1.807) is 0 Å². The predicted molar refractivity (Wildman–Crippen MR) is 114 cm³/mol. The first-order chi connectivity index (χ1) is 10.8. The van der Waals surface area contributed by atoms with Crippen LogP contribution in [0.3, 0.4) is 0 Å². The summed E-state index contributed by atoms with van der Waals surface area (Å²) in [4.78, 5) is 7.93. The minimum Gasteiger partial charge on any atom is -0.361 e. The molecule has 0 saturated heterocycles. The number of aliphatic imine (C=N–C) groups is 1. The van der Waals surface area contributed by atoms with Crippen LogP contribution in [-0.2, 0) is 6.42 Å². The van der Waals surface area contributed by atoms with Gasteiger partial charge in [-0.2, -0.15) is 11.8 Å². The Morgan fingerprint density at radius 1 is 1.26 bits per heavy atom. The van der Waals surface area contributed by atoms with Crippen molar-refractivity contribution < 1.29 is 0 Å². The molecule has 0 saturated carbocycles. The third-order valence-corrected chi connectivity index (χ3v) is 4.18. The van der Waals surface area contributed by atoms with Gasteiger partial charge in [-0.05, 0) is 43.4 Å². The molecule has 0 fully saturated rings. The molecule has 0 spiro atoms. The first kappa shape index (κ1) is 20.2. The maximum Gasteiger partial charge on any atom is 0.191 e. The van der Waals surface area contributed by atoms with Crippen LogP contribution in [0.25, 0.3) is 10.9 Å². The van der Waals surface area contributed by atoms with Crippen molar-refractivity contribution in [2.75, 3.05) is 31.6 Å². The van der Waals surface area contributed by atoms with Crippen molar-refractivity contribution in [3.05, 3.63) is 36.0 Å². The van der Waals surface area contributed by atoms with Gasteiger partial charge in [-0.15, -0.1) is 24.0 Å². The number of hydrogen-bond acceptors (Lipinski definition) is 2. The molecule has 0 aliphatic heterocycles. The van der Waals surface area contributed by atoms with Gasteiger partial charge in [0.25, 0.3) is 0 Å². The van der Waals surface area contributed by atoms with Crippen molar-refractivity contribution in [3.8, 4) is 0 Å². The number of thioether (sulfide) groups is 1. The SMILES string of the molecule is CCNC(=NCCCSC)NCCc1c[nH]c2ccccc12.I. The van der Waals surface area contributed by atoms with E-state index in [1.165, 1.54) is 16.5 Å². The molecular formula is C17H27IN4S. The molecule has 6 heteroatoms. The lowest BCUT2D eigenvalue weighted by atomic mass is 10.1. The molecular weight excluding hydrogens is 419 g/mol. The smallest absolute Gasteiger partial charge is 0.191 e. The molecule has 0 aliphatic carbocycles. The molecule has 3 N–H and O–H groups in total. The number of nitrogens with one attached hydrogen (secondary N) is 3. The number of halogens is 1. The van der Waals surface area contributed by atoms with Crippen LogP contribution in [0, 0.1) is 0 Å². The largest absolute Gasteiger partial charge is 0.361 e. The number of aromatic amines is 1. The Labute approximate surface area is 160 Å². The molecule has 0 atom stereocenters. The highest BCUT2D eigenvalue weighted by Crippen LogP contribution is 2.17. The van der Waals surface area contributed by atoms with Gasteiger partial charge in [-0.25, -0.2) is 0 Å². The van der Waals surface area contributed by atoms with Crippen LogP contribution in [-0.4, -0.2) is 42.6 Å². The van der Waals surface area contributed by atoms with E-state index in [-0.39, 0.29) is 24.0 Å². The summed E-state index contributed by atoms with van der Waals surface area (Å²) in [5.41, 5.74) is 2.55. The van der Waals surface area contributed by atoms with Crippen molar-refractivity contribution in [2.45, 2.75) is 19.8 Å². The highest BCUT2D eigenvalue weighted by atomic mass is 127. The van der Waals surface area contributed by atoms with E-state index >= 15 is 0 Å². The number of nitrogens with zero attached hydrogens (tertiary/aromatic N) is 1. The standard InChI is InChI=1S/C17H26N4S.HI/c1-3-18-17(19-10-6-12-22-2)20-11-9-14-13-21-16-8-5-4-7-15(14)16;/h4-5,7-8,13,21H,3,6,9-12H2,1-2H3,(H2,18,19,20);1H. The first-order valence-corrected chi connectivity index (χ1v) is 9.30. The van der Waals surface area contributed by atoms with Crippen LogP contribution in [0.4, 0.5) is 0 Å².